The molecule has 112 valence electrons. The number of hydrogen-bond acceptors (Lipinski definition) is 5. The molecule has 0 radical (unpaired) electrons. The van der Waals surface area contributed by atoms with Gasteiger partial charge in [-0.15, -0.1) is 0 Å². The van der Waals surface area contributed by atoms with E-state index in [2.05, 4.69) is 22.2 Å². The smallest absolute Gasteiger partial charge is 0.218 e. The van der Waals surface area contributed by atoms with Crippen LogP contribution in [0.25, 0.3) is 0 Å². The van der Waals surface area contributed by atoms with Gasteiger partial charge in [-0.1, -0.05) is 19.8 Å². The molecule has 0 spiro atoms. The van der Waals surface area contributed by atoms with E-state index in [4.69, 9.17) is 9.47 Å². The van der Waals surface area contributed by atoms with Crippen LogP contribution in [0.15, 0.2) is 6.07 Å². The zero-order valence-corrected chi connectivity index (χ0v) is 12.7. The first-order valence-corrected chi connectivity index (χ1v) is 7.43. The van der Waals surface area contributed by atoms with Gasteiger partial charge in [0.05, 0.1) is 6.61 Å². The van der Waals surface area contributed by atoms with Crippen molar-refractivity contribution in [3.8, 4) is 5.88 Å². The molecular weight excluding hydrogens is 254 g/mol. The maximum Gasteiger partial charge on any atom is 0.218 e. The number of nitrogens with one attached hydrogen (secondary N) is 1. The van der Waals surface area contributed by atoms with E-state index >= 15 is 0 Å². The molecule has 1 fully saturated rings. The van der Waals surface area contributed by atoms with Gasteiger partial charge >= 0.3 is 0 Å². The first-order valence-electron chi connectivity index (χ1n) is 7.43. The molecule has 1 aromatic heterocycles. The zero-order chi connectivity index (χ0) is 14.4. The molecule has 5 nitrogen and oxygen atoms in total. The molecular formula is C15H25N3O2. The molecule has 1 N–H and O–H groups in total. The van der Waals surface area contributed by atoms with Gasteiger partial charge in [0.15, 0.2) is 0 Å². The van der Waals surface area contributed by atoms with Gasteiger partial charge < -0.3 is 14.8 Å². The Hall–Kier alpha value is -1.36. The third-order valence-corrected chi connectivity index (χ3v) is 3.80. The van der Waals surface area contributed by atoms with Crippen molar-refractivity contribution in [1.29, 1.82) is 0 Å². The van der Waals surface area contributed by atoms with Crippen molar-refractivity contribution in [3.63, 3.8) is 0 Å². The molecule has 1 aliphatic carbocycles. The van der Waals surface area contributed by atoms with Crippen LogP contribution in [0.4, 0.5) is 5.82 Å². The Bertz CT molecular complexity index is 426. The normalized spacial score (nSPS) is 22.6. The minimum absolute atomic E-state index is 0.505. The lowest BCUT2D eigenvalue weighted by molar-refractivity contribution is 0.143. The second-order valence-corrected chi connectivity index (χ2v) is 5.49. The third kappa shape index (κ3) is 4.34. The summed E-state index contributed by atoms with van der Waals surface area (Å²) in [6, 6.07) is 2.38. The molecule has 2 atom stereocenters. The van der Waals surface area contributed by atoms with Gasteiger partial charge in [0.1, 0.15) is 18.2 Å². The second kappa shape index (κ2) is 7.43. The van der Waals surface area contributed by atoms with E-state index < -0.39 is 0 Å². The molecule has 1 aliphatic rings. The van der Waals surface area contributed by atoms with E-state index in [1.54, 1.807) is 7.11 Å². The van der Waals surface area contributed by atoms with Crippen molar-refractivity contribution < 1.29 is 9.47 Å². The Kier molecular flexibility index (Phi) is 5.59. The highest BCUT2D eigenvalue weighted by Gasteiger charge is 2.21. The Morgan fingerprint density at radius 2 is 2.05 bits per heavy atom. The predicted molar refractivity (Wildman–Crippen MR) is 79.2 cm³/mol. The third-order valence-electron chi connectivity index (χ3n) is 3.80. The minimum Gasteiger partial charge on any atom is -0.475 e. The van der Waals surface area contributed by atoms with E-state index in [1.807, 2.05) is 13.0 Å². The van der Waals surface area contributed by atoms with E-state index in [0.29, 0.717) is 31.1 Å². The fourth-order valence-electron chi connectivity index (χ4n) is 2.64. The Labute approximate surface area is 121 Å². The molecule has 0 aliphatic heterocycles. The van der Waals surface area contributed by atoms with Crippen LogP contribution in [-0.2, 0) is 4.74 Å². The SMILES string of the molecule is COCCOc1cc(NC2CCCCC2C)nc(C)n1. The highest BCUT2D eigenvalue weighted by Crippen LogP contribution is 2.27. The summed E-state index contributed by atoms with van der Waals surface area (Å²) in [4.78, 5) is 8.75. The summed E-state index contributed by atoms with van der Waals surface area (Å²) in [6.45, 7) is 5.26. The van der Waals surface area contributed by atoms with Crippen LogP contribution in [0.2, 0.25) is 0 Å². The molecule has 0 saturated heterocycles. The standard InChI is InChI=1S/C15H25N3O2/c1-11-6-4-5-7-13(11)18-14-10-15(17-12(2)16-14)20-9-8-19-3/h10-11,13H,4-9H2,1-3H3,(H,16,17,18). The van der Waals surface area contributed by atoms with Crippen LogP contribution < -0.4 is 10.1 Å². The van der Waals surface area contributed by atoms with Gasteiger partial charge in [0, 0.05) is 19.2 Å². The molecule has 1 aromatic rings. The van der Waals surface area contributed by atoms with Crippen LogP contribution in [0.1, 0.15) is 38.4 Å². The lowest BCUT2D eigenvalue weighted by Gasteiger charge is -2.30. The maximum atomic E-state index is 5.57. The number of aryl methyl sites for hydroxylation is 1. The summed E-state index contributed by atoms with van der Waals surface area (Å²) in [5.74, 6) is 2.90. The van der Waals surface area contributed by atoms with Gasteiger partial charge in [-0.3, -0.25) is 0 Å². The summed E-state index contributed by atoms with van der Waals surface area (Å²) in [7, 11) is 1.66. The number of ether oxygens (including phenoxy) is 2. The van der Waals surface area contributed by atoms with E-state index in [0.717, 1.165) is 11.6 Å². The van der Waals surface area contributed by atoms with Crippen molar-refractivity contribution in [1.82, 2.24) is 9.97 Å². The van der Waals surface area contributed by atoms with Gasteiger partial charge in [0.25, 0.3) is 0 Å². The predicted octanol–water partition coefficient (Wildman–Crippen LogP) is 2.80. The molecule has 5 heteroatoms. The fourth-order valence-corrected chi connectivity index (χ4v) is 2.64. The molecule has 1 heterocycles. The zero-order valence-electron chi connectivity index (χ0n) is 12.7. The summed E-state index contributed by atoms with van der Waals surface area (Å²) in [6.07, 6.45) is 5.14. The monoisotopic (exact) mass is 279 g/mol. The molecule has 0 aromatic carbocycles. The number of aromatic nitrogens is 2. The lowest BCUT2D eigenvalue weighted by atomic mass is 9.86. The van der Waals surface area contributed by atoms with Crippen LogP contribution in [-0.4, -0.2) is 36.3 Å². The topological polar surface area (TPSA) is 56.3 Å². The Morgan fingerprint density at radius 1 is 1.25 bits per heavy atom. The second-order valence-electron chi connectivity index (χ2n) is 5.49. The average Bonchev–Trinajstić information content (AvgIpc) is 2.41. The average molecular weight is 279 g/mol. The van der Waals surface area contributed by atoms with Gasteiger partial charge in [0.2, 0.25) is 5.88 Å². The molecule has 20 heavy (non-hydrogen) atoms. The first kappa shape index (κ1) is 15.0. The highest BCUT2D eigenvalue weighted by atomic mass is 16.5. The van der Waals surface area contributed by atoms with Crippen LogP contribution >= 0.6 is 0 Å². The fraction of sp³-hybridized carbons (Fsp3) is 0.733. The minimum atomic E-state index is 0.505. The van der Waals surface area contributed by atoms with E-state index in [-0.39, 0.29) is 0 Å². The quantitative estimate of drug-likeness (QED) is 0.811. The summed E-state index contributed by atoms with van der Waals surface area (Å²) >= 11 is 0. The van der Waals surface area contributed by atoms with Crippen LogP contribution in [0.3, 0.4) is 0 Å². The molecule has 0 bridgehead atoms. The van der Waals surface area contributed by atoms with Crippen molar-refractivity contribution in [2.45, 2.75) is 45.6 Å². The van der Waals surface area contributed by atoms with E-state index in [9.17, 15) is 0 Å². The first-order chi connectivity index (χ1) is 9.69. The van der Waals surface area contributed by atoms with Crippen molar-refractivity contribution in [2.75, 3.05) is 25.6 Å². The van der Waals surface area contributed by atoms with Gasteiger partial charge in [-0.2, -0.15) is 4.98 Å². The molecule has 2 rings (SSSR count). The summed E-state index contributed by atoms with van der Waals surface area (Å²) < 4.78 is 10.5. The van der Waals surface area contributed by atoms with Gasteiger partial charge in [-0.05, 0) is 25.7 Å². The maximum absolute atomic E-state index is 5.57. The Balaban J connectivity index is 1.99. The number of rotatable bonds is 6. The number of methoxy groups -OCH3 is 1. The van der Waals surface area contributed by atoms with Crippen molar-refractivity contribution in [2.24, 2.45) is 5.92 Å². The van der Waals surface area contributed by atoms with Crippen LogP contribution in [0.5, 0.6) is 5.88 Å². The molecule has 1 saturated carbocycles. The van der Waals surface area contributed by atoms with Crippen molar-refractivity contribution in [3.05, 3.63) is 11.9 Å². The van der Waals surface area contributed by atoms with Crippen LogP contribution in [0, 0.1) is 12.8 Å². The van der Waals surface area contributed by atoms with Crippen molar-refractivity contribution >= 4 is 5.82 Å². The number of anilines is 1. The van der Waals surface area contributed by atoms with E-state index in [1.165, 1.54) is 25.7 Å². The Morgan fingerprint density at radius 3 is 2.80 bits per heavy atom. The summed E-state index contributed by atoms with van der Waals surface area (Å²) in [5.41, 5.74) is 0. The molecule has 2 unspecified atom stereocenters. The van der Waals surface area contributed by atoms with Gasteiger partial charge in [-0.25, -0.2) is 4.98 Å². The molecule has 0 amide bonds. The summed E-state index contributed by atoms with van der Waals surface area (Å²) in [5, 5.41) is 3.54. The highest BCUT2D eigenvalue weighted by molar-refractivity contribution is 5.39. The lowest BCUT2D eigenvalue weighted by Crippen LogP contribution is -2.30. The largest absolute Gasteiger partial charge is 0.475 e. The number of hydrogen-bond donors (Lipinski definition) is 1. The number of nitrogens with zero attached hydrogens (tertiary/aromatic N) is 2.